The molecule has 2 aromatic carbocycles. The lowest BCUT2D eigenvalue weighted by molar-refractivity contribution is -0.127. The van der Waals surface area contributed by atoms with E-state index in [4.69, 9.17) is 10.5 Å². The van der Waals surface area contributed by atoms with Gasteiger partial charge in [-0.3, -0.25) is 19.3 Å². The smallest absolute Gasteiger partial charge is 0.294 e. The maximum Gasteiger partial charge on any atom is 0.294 e. The van der Waals surface area contributed by atoms with Crippen LogP contribution in [0.5, 0.6) is 5.75 Å². The van der Waals surface area contributed by atoms with Crippen LogP contribution < -0.4 is 10.5 Å². The van der Waals surface area contributed by atoms with E-state index in [2.05, 4.69) is 0 Å². The van der Waals surface area contributed by atoms with Gasteiger partial charge in [0.05, 0.1) is 4.91 Å². The molecule has 138 valence electrons. The quantitative estimate of drug-likeness (QED) is 0.776. The number of primary amides is 1. The number of imide groups is 1. The van der Waals surface area contributed by atoms with Crippen molar-refractivity contribution < 1.29 is 19.1 Å². The molecule has 0 atom stereocenters. The monoisotopic (exact) mass is 382 g/mol. The van der Waals surface area contributed by atoms with Gasteiger partial charge in [-0.1, -0.05) is 36.4 Å². The highest BCUT2D eigenvalue weighted by atomic mass is 32.2. The third kappa shape index (κ3) is 4.57. The van der Waals surface area contributed by atoms with E-state index in [1.807, 2.05) is 31.2 Å². The van der Waals surface area contributed by atoms with Gasteiger partial charge in [0.25, 0.3) is 11.1 Å². The van der Waals surface area contributed by atoms with Crippen LogP contribution in [0.1, 0.15) is 16.7 Å². The zero-order chi connectivity index (χ0) is 19.4. The Morgan fingerprint density at radius 1 is 1.15 bits per heavy atom. The molecule has 1 saturated heterocycles. The van der Waals surface area contributed by atoms with Crippen LogP contribution >= 0.6 is 11.8 Å². The number of aryl methyl sites for hydroxylation is 1. The van der Waals surface area contributed by atoms with Crippen molar-refractivity contribution in [2.45, 2.75) is 13.5 Å². The molecule has 2 aromatic rings. The fourth-order valence-electron chi connectivity index (χ4n) is 2.54. The molecule has 1 aliphatic heterocycles. The van der Waals surface area contributed by atoms with E-state index in [1.54, 1.807) is 30.3 Å². The third-order valence-electron chi connectivity index (χ3n) is 4.02. The fraction of sp³-hybridized carbons (Fsp3) is 0.150. The lowest BCUT2D eigenvalue weighted by atomic mass is 10.1. The summed E-state index contributed by atoms with van der Waals surface area (Å²) in [5.41, 5.74) is 8.10. The molecule has 0 unspecified atom stereocenters. The highest BCUT2D eigenvalue weighted by Gasteiger charge is 2.35. The topological polar surface area (TPSA) is 89.7 Å². The van der Waals surface area contributed by atoms with Crippen LogP contribution in [-0.2, 0) is 16.2 Å². The Bertz CT molecular complexity index is 922. The summed E-state index contributed by atoms with van der Waals surface area (Å²) in [5.74, 6) is -0.533. The normalized spacial score (nSPS) is 15.4. The molecule has 0 aliphatic carbocycles. The highest BCUT2D eigenvalue weighted by Crippen LogP contribution is 2.32. The summed E-state index contributed by atoms with van der Waals surface area (Å²) in [6, 6.07) is 15.2. The Balaban J connectivity index is 1.66. The van der Waals surface area contributed by atoms with Crippen molar-refractivity contribution in [1.82, 2.24) is 4.90 Å². The molecule has 7 heteroatoms. The summed E-state index contributed by atoms with van der Waals surface area (Å²) in [6.45, 7) is 2.10. The van der Waals surface area contributed by atoms with E-state index >= 15 is 0 Å². The van der Waals surface area contributed by atoms with Gasteiger partial charge in [0.15, 0.2) is 0 Å². The molecule has 0 bridgehead atoms. The van der Waals surface area contributed by atoms with Gasteiger partial charge in [-0.15, -0.1) is 0 Å². The molecule has 0 aromatic heterocycles. The third-order valence-corrected chi connectivity index (χ3v) is 4.93. The average Bonchev–Trinajstić information content (AvgIpc) is 2.89. The Hall–Kier alpha value is -3.06. The maximum absolute atomic E-state index is 12.2. The van der Waals surface area contributed by atoms with Crippen molar-refractivity contribution in [1.29, 1.82) is 0 Å². The summed E-state index contributed by atoms with van der Waals surface area (Å²) in [5, 5.41) is -0.497. The van der Waals surface area contributed by atoms with Gasteiger partial charge in [-0.2, -0.15) is 0 Å². The number of hydrogen-bond donors (Lipinski definition) is 1. The highest BCUT2D eigenvalue weighted by molar-refractivity contribution is 8.18. The minimum absolute atomic E-state index is 0.259. The Morgan fingerprint density at radius 2 is 1.85 bits per heavy atom. The number of amides is 3. The number of nitrogens with zero attached hydrogens (tertiary/aromatic N) is 1. The predicted molar refractivity (Wildman–Crippen MR) is 104 cm³/mol. The molecule has 0 radical (unpaired) electrons. The van der Waals surface area contributed by atoms with Gasteiger partial charge in [0, 0.05) is 0 Å². The molecule has 6 nitrogen and oxygen atoms in total. The molecule has 3 amide bonds. The maximum atomic E-state index is 12.2. The van der Waals surface area contributed by atoms with Gasteiger partial charge in [0.1, 0.15) is 18.9 Å². The molecule has 3 rings (SSSR count). The van der Waals surface area contributed by atoms with Crippen molar-refractivity contribution in [3.05, 3.63) is 70.1 Å². The lowest BCUT2D eigenvalue weighted by Crippen LogP contribution is -2.36. The largest absolute Gasteiger partial charge is 0.489 e. The molecule has 27 heavy (non-hydrogen) atoms. The van der Waals surface area contributed by atoms with Crippen LogP contribution in [0.4, 0.5) is 4.79 Å². The summed E-state index contributed by atoms with van der Waals surface area (Å²) in [7, 11) is 0. The van der Waals surface area contributed by atoms with E-state index in [-0.39, 0.29) is 4.91 Å². The first-order valence-electron chi connectivity index (χ1n) is 8.25. The van der Waals surface area contributed by atoms with E-state index in [0.717, 1.165) is 27.8 Å². The summed E-state index contributed by atoms with van der Waals surface area (Å²) in [4.78, 5) is 36.1. The fourth-order valence-corrected chi connectivity index (χ4v) is 3.38. The Morgan fingerprint density at radius 3 is 2.52 bits per heavy atom. The van der Waals surface area contributed by atoms with Crippen LogP contribution in [0.25, 0.3) is 6.08 Å². The van der Waals surface area contributed by atoms with Gasteiger partial charge in [0.2, 0.25) is 5.91 Å². The van der Waals surface area contributed by atoms with Crippen molar-refractivity contribution in [3.8, 4) is 5.75 Å². The Kier molecular flexibility index (Phi) is 5.61. The minimum Gasteiger partial charge on any atom is -0.489 e. The molecule has 1 aliphatic rings. The number of carbonyl (C=O) groups is 3. The number of ether oxygens (including phenoxy) is 1. The first kappa shape index (κ1) is 18.7. The Labute approximate surface area is 161 Å². The predicted octanol–water partition coefficient (Wildman–Crippen LogP) is 3.10. The van der Waals surface area contributed by atoms with Crippen LogP contribution in [0.2, 0.25) is 0 Å². The zero-order valence-corrected chi connectivity index (χ0v) is 15.5. The SMILES string of the molecule is Cc1ccccc1COc1ccc(/C=C2\SC(=O)N(CC(N)=O)C2=O)cc1. The van der Waals surface area contributed by atoms with Crippen molar-refractivity contribution in [3.63, 3.8) is 0 Å². The molecule has 2 N–H and O–H groups in total. The first-order valence-corrected chi connectivity index (χ1v) is 9.07. The van der Waals surface area contributed by atoms with Crippen LogP contribution in [-0.4, -0.2) is 28.5 Å². The summed E-state index contributed by atoms with van der Waals surface area (Å²) in [6.07, 6.45) is 1.61. The number of rotatable bonds is 6. The second-order valence-electron chi connectivity index (χ2n) is 6.02. The molecule has 0 spiro atoms. The van der Waals surface area contributed by atoms with Crippen LogP contribution in [0.15, 0.2) is 53.4 Å². The van der Waals surface area contributed by atoms with Gasteiger partial charge in [-0.05, 0) is 53.6 Å². The number of thioether (sulfide) groups is 1. The van der Waals surface area contributed by atoms with E-state index in [9.17, 15) is 14.4 Å². The summed E-state index contributed by atoms with van der Waals surface area (Å²) < 4.78 is 5.79. The molecule has 0 saturated carbocycles. The number of benzene rings is 2. The van der Waals surface area contributed by atoms with E-state index < -0.39 is 23.6 Å². The van der Waals surface area contributed by atoms with Gasteiger partial charge in [-0.25, -0.2) is 0 Å². The molecule has 1 fully saturated rings. The lowest BCUT2D eigenvalue weighted by Gasteiger charge is -2.09. The summed E-state index contributed by atoms with van der Waals surface area (Å²) >= 11 is 0.791. The van der Waals surface area contributed by atoms with Gasteiger partial charge < -0.3 is 10.5 Å². The molecule has 1 heterocycles. The van der Waals surface area contributed by atoms with Crippen LogP contribution in [0, 0.1) is 6.92 Å². The van der Waals surface area contributed by atoms with E-state index in [1.165, 1.54) is 5.56 Å². The van der Waals surface area contributed by atoms with Gasteiger partial charge >= 0.3 is 0 Å². The zero-order valence-electron chi connectivity index (χ0n) is 14.7. The number of nitrogens with two attached hydrogens (primary N) is 1. The second kappa shape index (κ2) is 8.09. The van der Waals surface area contributed by atoms with Crippen molar-refractivity contribution >= 4 is 34.9 Å². The number of carbonyl (C=O) groups excluding carboxylic acids is 3. The average molecular weight is 382 g/mol. The second-order valence-corrected chi connectivity index (χ2v) is 7.01. The van der Waals surface area contributed by atoms with E-state index in [0.29, 0.717) is 12.4 Å². The van der Waals surface area contributed by atoms with Crippen molar-refractivity contribution in [2.75, 3.05) is 6.54 Å². The van der Waals surface area contributed by atoms with Crippen LogP contribution in [0.3, 0.4) is 0 Å². The molecular formula is C20H18N2O4S. The van der Waals surface area contributed by atoms with Crippen molar-refractivity contribution in [2.24, 2.45) is 5.73 Å². The first-order chi connectivity index (χ1) is 12.9. The number of hydrogen-bond acceptors (Lipinski definition) is 5. The standard InChI is InChI=1S/C20H18N2O4S/c1-13-4-2-3-5-15(13)12-26-16-8-6-14(7-9-16)10-17-19(24)22(11-18(21)23)20(25)27-17/h2-10H,11-12H2,1H3,(H2,21,23)/b17-10-. The molecular weight excluding hydrogens is 364 g/mol. The minimum atomic E-state index is -0.728.